The first-order chi connectivity index (χ1) is 32.1. The van der Waals surface area contributed by atoms with Crippen LogP contribution in [0.5, 0.6) is 34.5 Å². The number of unbranched alkanes of at least 4 members (excludes halogenated alkanes) is 2. The van der Waals surface area contributed by atoms with Crippen LogP contribution in [-0.2, 0) is 36.0 Å². The zero-order valence-corrected chi connectivity index (χ0v) is 40.8. The zero-order valence-electron chi connectivity index (χ0n) is 38.8. The molecule has 360 valence electrons. The normalized spacial score (nSPS) is 15.2. The Balaban J connectivity index is 0.000000247. The van der Waals surface area contributed by atoms with Gasteiger partial charge in [-0.25, -0.2) is 9.59 Å². The Labute approximate surface area is 390 Å². The number of rotatable bonds is 30. The molecule has 66 heavy (non-hydrogen) atoms. The van der Waals surface area contributed by atoms with E-state index in [9.17, 15) is 9.59 Å². The summed E-state index contributed by atoms with van der Waals surface area (Å²) in [7, 11) is 4.61. The number of carbonyl (C=O) groups excluding carboxylic acids is 2. The molecular formula is C48H64O16Si2. The van der Waals surface area contributed by atoms with Crippen molar-refractivity contribution < 1.29 is 74.0 Å². The van der Waals surface area contributed by atoms with E-state index in [1.54, 1.807) is 140 Å². The van der Waals surface area contributed by atoms with E-state index in [1.165, 1.54) is 0 Å². The predicted molar refractivity (Wildman–Crippen MR) is 248 cm³/mol. The van der Waals surface area contributed by atoms with Crippen LogP contribution in [0.15, 0.2) is 97.1 Å². The van der Waals surface area contributed by atoms with E-state index in [0.717, 1.165) is 69.6 Å². The van der Waals surface area contributed by atoms with E-state index in [2.05, 4.69) is 0 Å². The van der Waals surface area contributed by atoms with Gasteiger partial charge in [0.15, 0.2) is 0 Å². The molecule has 18 heteroatoms. The zero-order chi connectivity index (χ0) is 47.0. The minimum atomic E-state index is -2.53. The topological polar surface area (TPSA) is 170 Å². The molecule has 2 atom stereocenters. The fraction of sp³-hybridized carbons (Fsp3) is 0.458. The molecule has 0 spiro atoms. The summed E-state index contributed by atoms with van der Waals surface area (Å²) in [6.45, 7) is 3.96. The van der Waals surface area contributed by atoms with Crippen molar-refractivity contribution >= 4 is 29.5 Å². The summed E-state index contributed by atoms with van der Waals surface area (Å²) < 4.78 is 76.5. The Morgan fingerprint density at radius 1 is 0.424 bits per heavy atom. The third kappa shape index (κ3) is 18.1. The molecule has 2 aliphatic rings. The fourth-order valence-electron chi connectivity index (χ4n) is 6.38. The van der Waals surface area contributed by atoms with Crippen molar-refractivity contribution in [2.45, 2.75) is 62.8 Å². The number of esters is 2. The van der Waals surface area contributed by atoms with Gasteiger partial charge in [-0.05, 0) is 123 Å². The molecule has 2 saturated heterocycles. The smallest absolute Gasteiger partial charge is 0.494 e. The molecule has 0 aromatic heterocycles. The Hall–Kier alpha value is -4.87. The summed E-state index contributed by atoms with van der Waals surface area (Å²) in [6, 6.07) is 29.2. The third-order valence-electron chi connectivity index (χ3n) is 10.6. The van der Waals surface area contributed by atoms with Crippen molar-refractivity contribution in [3.63, 3.8) is 0 Å². The summed E-state index contributed by atoms with van der Waals surface area (Å²) in [6.07, 6.45) is 5.86. The second-order valence-electron chi connectivity index (χ2n) is 15.2. The molecule has 2 fully saturated rings. The van der Waals surface area contributed by atoms with Crippen LogP contribution in [0.4, 0.5) is 0 Å². The lowest BCUT2D eigenvalue weighted by Gasteiger charge is -2.24. The average molecular weight is 953 g/mol. The first-order valence-electron chi connectivity index (χ1n) is 22.0. The van der Waals surface area contributed by atoms with Gasteiger partial charge in [0, 0.05) is 67.6 Å². The molecule has 0 saturated carbocycles. The summed E-state index contributed by atoms with van der Waals surface area (Å²) in [4.78, 5) is 24.8. The van der Waals surface area contributed by atoms with Crippen molar-refractivity contribution in [3.05, 3.63) is 108 Å². The molecule has 4 aromatic rings. The SMILES string of the molecule is CO[Si](CCCCOc1ccc(C(=O)Oc2ccc(OCCC3CO3)cc2)cc1)(OC)OC.CO[Si](CCCCOc1ccc(OC(=O)c2ccc(OCCC3CO3)cc2)cc1)(OC)OC. The number of benzene rings is 4. The number of hydrogen-bond donors (Lipinski definition) is 0. The molecule has 0 radical (unpaired) electrons. The standard InChI is InChI=1S/2C24H32O8Si/c1-26-33(27-2,28-3)17-5-4-15-29-21-10-12-22(13-11-21)32-24(25)19-6-8-20(9-7-19)30-16-14-23-18-31-23;1-26-33(27-2,28-3)17-5-4-15-29-20-8-6-19(7-9-20)24(25)32-22-12-10-21(11-13-22)30-16-14-23-18-31-23/h2*6-13,23H,4-5,14-18H2,1-3H3. The van der Waals surface area contributed by atoms with Crippen molar-refractivity contribution in [2.75, 3.05) is 82.3 Å². The maximum Gasteiger partial charge on any atom is 0.500 e. The Kier molecular flexibility index (Phi) is 21.9. The average Bonchev–Trinajstić information content (AvgIpc) is 4.31. The van der Waals surface area contributed by atoms with Crippen LogP contribution < -0.4 is 28.4 Å². The number of carbonyl (C=O) groups is 2. The van der Waals surface area contributed by atoms with Gasteiger partial charge in [-0.3, -0.25) is 0 Å². The lowest BCUT2D eigenvalue weighted by Crippen LogP contribution is -2.42. The van der Waals surface area contributed by atoms with Crippen molar-refractivity contribution in [1.29, 1.82) is 0 Å². The molecule has 2 unspecified atom stereocenters. The summed E-state index contributed by atoms with van der Waals surface area (Å²) in [5.41, 5.74) is 0.902. The van der Waals surface area contributed by atoms with Crippen LogP contribution in [0.25, 0.3) is 0 Å². The van der Waals surface area contributed by atoms with E-state index in [4.69, 9.17) is 64.5 Å². The maximum atomic E-state index is 12.4. The van der Waals surface area contributed by atoms with Crippen LogP contribution in [-0.4, -0.2) is 124 Å². The van der Waals surface area contributed by atoms with Gasteiger partial charge in [0.2, 0.25) is 0 Å². The first-order valence-corrected chi connectivity index (χ1v) is 25.9. The maximum absolute atomic E-state index is 12.4. The van der Waals surface area contributed by atoms with Crippen LogP contribution in [0.2, 0.25) is 12.1 Å². The molecule has 2 aliphatic heterocycles. The number of hydrogen-bond acceptors (Lipinski definition) is 16. The highest BCUT2D eigenvalue weighted by atomic mass is 28.4. The van der Waals surface area contributed by atoms with Crippen LogP contribution in [0.1, 0.15) is 59.2 Å². The largest absolute Gasteiger partial charge is 0.500 e. The minimum absolute atomic E-state index is 0.338. The van der Waals surface area contributed by atoms with E-state index in [1.807, 2.05) is 0 Å². The van der Waals surface area contributed by atoms with Crippen molar-refractivity contribution in [2.24, 2.45) is 0 Å². The molecule has 0 amide bonds. The quantitative estimate of drug-likeness (QED) is 0.0161. The highest BCUT2D eigenvalue weighted by Crippen LogP contribution is 2.24. The highest BCUT2D eigenvalue weighted by Gasteiger charge is 2.37. The van der Waals surface area contributed by atoms with Crippen molar-refractivity contribution in [3.8, 4) is 34.5 Å². The molecule has 16 nitrogen and oxygen atoms in total. The van der Waals surface area contributed by atoms with Gasteiger partial charge in [-0.2, -0.15) is 0 Å². The molecule has 0 N–H and O–H groups in total. The van der Waals surface area contributed by atoms with Gasteiger partial charge < -0.3 is 64.5 Å². The Morgan fingerprint density at radius 2 is 0.697 bits per heavy atom. The van der Waals surface area contributed by atoms with Gasteiger partial charge in [0.25, 0.3) is 0 Å². The minimum Gasteiger partial charge on any atom is -0.494 e. The van der Waals surface area contributed by atoms with Crippen molar-refractivity contribution in [1.82, 2.24) is 0 Å². The lowest BCUT2D eigenvalue weighted by atomic mass is 10.2. The first kappa shape index (κ1) is 52.1. The van der Waals surface area contributed by atoms with Crippen LogP contribution in [0.3, 0.4) is 0 Å². The highest BCUT2D eigenvalue weighted by molar-refractivity contribution is 6.60. The number of epoxide rings is 2. The fourth-order valence-corrected chi connectivity index (χ4v) is 9.97. The summed E-state index contributed by atoms with van der Waals surface area (Å²) >= 11 is 0. The van der Waals surface area contributed by atoms with Crippen LogP contribution in [0, 0.1) is 0 Å². The van der Waals surface area contributed by atoms with E-state index >= 15 is 0 Å². The predicted octanol–water partition coefficient (Wildman–Crippen LogP) is 8.22. The van der Waals surface area contributed by atoms with Gasteiger partial charge in [-0.15, -0.1) is 0 Å². The molecule has 6 rings (SSSR count). The molecule has 0 bridgehead atoms. The van der Waals surface area contributed by atoms with Gasteiger partial charge in [0.05, 0.1) is 63.0 Å². The Bertz CT molecular complexity index is 1970. The van der Waals surface area contributed by atoms with Gasteiger partial charge in [0.1, 0.15) is 34.5 Å². The summed E-state index contributed by atoms with van der Waals surface area (Å²) in [5, 5.41) is 0. The van der Waals surface area contributed by atoms with Gasteiger partial charge in [-0.1, -0.05) is 0 Å². The molecular weight excluding hydrogens is 889 g/mol. The second-order valence-corrected chi connectivity index (χ2v) is 21.3. The van der Waals surface area contributed by atoms with E-state index in [0.29, 0.717) is 78.5 Å². The monoisotopic (exact) mass is 952 g/mol. The van der Waals surface area contributed by atoms with E-state index in [-0.39, 0.29) is 0 Å². The second kappa shape index (κ2) is 27.7. The van der Waals surface area contributed by atoms with Gasteiger partial charge >= 0.3 is 29.5 Å². The number of ether oxygens (including phenoxy) is 8. The molecule has 0 aliphatic carbocycles. The summed E-state index contributed by atoms with van der Waals surface area (Å²) in [5.74, 6) is 2.91. The Morgan fingerprint density at radius 3 is 0.985 bits per heavy atom. The third-order valence-corrected chi connectivity index (χ3v) is 16.3. The lowest BCUT2D eigenvalue weighted by molar-refractivity contribution is 0.0725. The molecule has 4 aromatic carbocycles. The van der Waals surface area contributed by atoms with Crippen LogP contribution >= 0.6 is 0 Å². The molecule has 2 heterocycles. The van der Waals surface area contributed by atoms with E-state index < -0.39 is 29.5 Å².